The van der Waals surface area contributed by atoms with Crippen LogP contribution in [0.5, 0.6) is 0 Å². The average molecular weight is 1080 g/mol. The van der Waals surface area contributed by atoms with E-state index in [1.807, 2.05) is 0 Å². The lowest BCUT2D eigenvalue weighted by atomic mass is 10.0. The van der Waals surface area contributed by atoms with E-state index < -0.39 is 6.10 Å². The van der Waals surface area contributed by atoms with Crippen molar-refractivity contribution >= 4 is 17.9 Å². The van der Waals surface area contributed by atoms with E-state index in [0.717, 1.165) is 148 Å². The Morgan fingerprint density at radius 2 is 0.500 bits per heavy atom. The van der Waals surface area contributed by atoms with Gasteiger partial charge in [0.15, 0.2) is 6.10 Å². The monoisotopic (exact) mass is 1080 g/mol. The molecule has 0 amide bonds. The van der Waals surface area contributed by atoms with Gasteiger partial charge in [-0.2, -0.15) is 0 Å². The number of carbonyl (C=O) groups is 3. The van der Waals surface area contributed by atoms with Crippen molar-refractivity contribution in [3.63, 3.8) is 0 Å². The minimum atomic E-state index is -0.799. The maximum Gasteiger partial charge on any atom is 0.306 e. The molecule has 0 aliphatic carbocycles. The second kappa shape index (κ2) is 65.3. The minimum absolute atomic E-state index is 0.0916. The summed E-state index contributed by atoms with van der Waals surface area (Å²) in [5.41, 5.74) is 0. The van der Waals surface area contributed by atoms with Gasteiger partial charge < -0.3 is 14.2 Å². The van der Waals surface area contributed by atoms with Crippen LogP contribution in [0.15, 0.2) is 122 Å². The molecule has 0 aromatic rings. The van der Waals surface area contributed by atoms with Crippen LogP contribution < -0.4 is 0 Å². The summed E-state index contributed by atoms with van der Waals surface area (Å²) in [6.45, 7) is 6.50. The van der Waals surface area contributed by atoms with Gasteiger partial charge >= 0.3 is 17.9 Å². The molecule has 0 rings (SSSR count). The Labute approximate surface area is 482 Å². The van der Waals surface area contributed by atoms with Gasteiger partial charge in [0.25, 0.3) is 0 Å². The predicted molar refractivity (Wildman–Crippen MR) is 339 cm³/mol. The molecule has 0 saturated heterocycles. The van der Waals surface area contributed by atoms with E-state index >= 15 is 0 Å². The van der Waals surface area contributed by atoms with Gasteiger partial charge in [0.05, 0.1) is 0 Å². The highest BCUT2D eigenvalue weighted by Crippen LogP contribution is 2.16. The Morgan fingerprint density at radius 1 is 0.269 bits per heavy atom. The van der Waals surface area contributed by atoms with Crippen LogP contribution >= 0.6 is 0 Å². The van der Waals surface area contributed by atoms with Gasteiger partial charge in [0.2, 0.25) is 0 Å². The third-order valence-electron chi connectivity index (χ3n) is 13.7. The summed E-state index contributed by atoms with van der Waals surface area (Å²) in [6.07, 6.45) is 90.5. The molecule has 1 atom stereocenters. The summed E-state index contributed by atoms with van der Waals surface area (Å²) in [5, 5.41) is 0. The van der Waals surface area contributed by atoms with Gasteiger partial charge in [-0.1, -0.05) is 284 Å². The lowest BCUT2D eigenvalue weighted by molar-refractivity contribution is -0.167. The van der Waals surface area contributed by atoms with Gasteiger partial charge in [-0.25, -0.2) is 0 Å². The maximum absolute atomic E-state index is 12.9. The van der Waals surface area contributed by atoms with Gasteiger partial charge in [-0.15, -0.1) is 0 Å². The fourth-order valence-electron chi connectivity index (χ4n) is 8.84. The van der Waals surface area contributed by atoms with Crippen LogP contribution in [0.2, 0.25) is 0 Å². The van der Waals surface area contributed by atoms with Crippen molar-refractivity contribution < 1.29 is 28.6 Å². The zero-order valence-corrected chi connectivity index (χ0v) is 50.9. The molecule has 0 fully saturated rings. The maximum atomic E-state index is 12.9. The van der Waals surface area contributed by atoms with Crippen molar-refractivity contribution in [3.8, 4) is 0 Å². The molecule has 0 N–H and O–H groups in total. The van der Waals surface area contributed by atoms with Crippen LogP contribution in [-0.4, -0.2) is 37.2 Å². The molecule has 0 aliphatic heterocycles. The Hall–Kier alpha value is -4.19. The number of unbranched alkanes of at least 4 members (excludes halogenated alkanes) is 27. The molecular weight excluding hydrogens is 961 g/mol. The van der Waals surface area contributed by atoms with E-state index in [2.05, 4.69) is 142 Å². The molecule has 0 bridgehead atoms. The second-order valence-electron chi connectivity index (χ2n) is 21.3. The van der Waals surface area contributed by atoms with Crippen molar-refractivity contribution in [3.05, 3.63) is 122 Å². The van der Waals surface area contributed by atoms with E-state index in [9.17, 15) is 14.4 Å². The first-order valence-electron chi connectivity index (χ1n) is 32.5. The first kappa shape index (κ1) is 73.8. The zero-order chi connectivity index (χ0) is 56.4. The van der Waals surface area contributed by atoms with E-state index in [1.165, 1.54) is 109 Å². The normalized spacial score (nSPS) is 12.9. The van der Waals surface area contributed by atoms with Crippen molar-refractivity contribution in [2.24, 2.45) is 0 Å². The molecular formula is C72H120O6. The topological polar surface area (TPSA) is 78.9 Å². The van der Waals surface area contributed by atoms with Crippen molar-refractivity contribution in [2.75, 3.05) is 13.2 Å². The number of carbonyl (C=O) groups excluding carboxylic acids is 3. The first-order valence-corrected chi connectivity index (χ1v) is 32.5. The van der Waals surface area contributed by atoms with Gasteiger partial charge in [0.1, 0.15) is 13.2 Å². The highest BCUT2D eigenvalue weighted by molar-refractivity contribution is 5.71. The van der Waals surface area contributed by atoms with Crippen LogP contribution in [0.4, 0.5) is 0 Å². The molecule has 78 heavy (non-hydrogen) atoms. The molecule has 0 spiro atoms. The van der Waals surface area contributed by atoms with Crippen LogP contribution in [0.1, 0.15) is 297 Å². The van der Waals surface area contributed by atoms with Crippen LogP contribution in [-0.2, 0) is 28.6 Å². The molecule has 0 saturated carbocycles. The van der Waals surface area contributed by atoms with Crippen LogP contribution in [0, 0.1) is 0 Å². The SMILES string of the molecule is CC/C=C\C/C=C\C/C=C\C/C=C\C/C=C\C/C=C\C/C=C\C/C=C\CCCCCCC(=O)OCC(COC(=O)CCCCCCCCCCCCCCCCC)OC(=O)CCCCCCC/C=C\C/C=C\CCCCCC. The minimum Gasteiger partial charge on any atom is -0.462 e. The summed E-state index contributed by atoms with van der Waals surface area (Å²) >= 11 is 0. The fourth-order valence-corrected chi connectivity index (χ4v) is 8.84. The Kier molecular flexibility index (Phi) is 61.8. The zero-order valence-electron chi connectivity index (χ0n) is 50.9. The molecule has 0 heterocycles. The van der Waals surface area contributed by atoms with Crippen molar-refractivity contribution in [1.29, 1.82) is 0 Å². The predicted octanol–water partition coefficient (Wildman–Crippen LogP) is 22.4. The molecule has 0 radical (unpaired) electrons. The number of ether oxygens (including phenoxy) is 3. The molecule has 1 unspecified atom stereocenters. The molecule has 6 nitrogen and oxygen atoms in total. The highest BCUT2D eigenvalue weighted by atomic mass is 16.6. The smallest absolute Gasteiger partial charge is 0.306 e. The third-order valence-corrected chi connectivity index (χ3v) is 13.7. The molecule has 444 valence electrons. The summed E-state index contributed by atoms with van der Waals surface area (Å²) < 4.78 is 16.9. The molecule has 0 aromatic heterocycles. The second-order valence-corrected chi connectivity index (χ2v) is 21.3. The Morgan fingerprint density at radius 3 is 0.795 bits per heavy atom. The van der Waals surface area contributed by atoms with Crippen molar-refractivity contribution in [1.82, 2.24) is 0 Å². The molecule has 0 aromatic carbocycles. The van der Waals surface area contributed by atoms with Gasteiger partial charge in [-0.3, -0.25) is 14.4 Å². The summed E-state index contributed by atoms with van der Waals surface area (Å²) in [4.78, 5) is 38.3. The van der Waals surface area contributed by atoms with Crippen molar-refractivity contribution in [2.45, 2.75) is 303 Å². The summed E-state index contributed by atoms with van der Waals surface area (Å²) in [6, 6.07) is 0. The number of allylic oxidation sites excluding steroid dienone is 20. The van der Waals surface area contributed by atoms with Crippen LogP contribution in [0.3, 0.4) is 0 Å². The molecule has 0 aliphatic rings. The Balaban J connectivity index is 4.40. The first-order chi connectivity index (χ1) is 38.5. The summed E-state index contributed by atoms with van der Waals surface area (Å²) in [7, 11) is 0. The quantitative estimate of drug-likeness (QED) is 0.0261. The lowest BCUT2D eigenvalue weighted by Gasteiger charge is -2.18. The number of hydrogen-bond acceptors (Lipinski definition) is 6. The van der Waals surface area contributed by atoms with E-state index in [4.69, 9.17) is 14.2 Å². The number of hydrogen-bond donors (Lipinski definition) is 0. The summed E-state index contributed by atoms with van der Waals surface area (Å²) in [5.74, 6) is -0.925. The number of rotatable bonds is 58. The average Bonchev–Trinajstić information content (AvgIpc) is 3.44. The van der Waals surface area contributed by atoms with E-state index in [-0.39, 0.29) is 31.1 Å². The Bertz CT molecular complexity index is 1620. The highest BCUT2D eigenvalue weighted by Gasteiger charge is 2.19. The van der Waals surface area contributed by atoms with Gasteiger partial charge in [0, 0.05) is 19.3 Å². The van der Waals surface area contributed by atoms with E-state index in [0.29, 0.717) is 19.3 Å². The van der Waals surface area contributed by atoms with Crippen LogP contribution in [0.25, 0.3) is 0 Å². The number of esters is 3. The fraction of sp³-hybridized carbons (Fsp3) is 0.681. The molecule has 6 heteroatoms. The standard InChI is InChI=1S/C72H120O6/c1-4-7-10-13-16-19-22-25-28-30-31-32-33-34-35-36-37-38-39-40-41-42-45-47-50-53-56-59-62-65-71(74)77-68-69(67-76-70(73)64-61-58-55-52-49-46-43-27-24-21-18-15-12-9-6-3)78-72(75)66-63-60-57-54-51-48-44-29-26-23-20-17-14-11-8-5-2/h7,10,16,19-20,23,25,28-29,31-32,34-35,37-38,40-41,44-45,47,69H,4-6,8-9,11-15,17-18,21-22,24,26-27,30,33,36,39,42-43,46,48-68H2,1-3H3/b10-7-,19-16-,23-20-,28-25-,32-31-,35-34-,38-37-,41-40-,44-29-,47-45-. The van der Waals surface area contributed by atoms with E-state index in [1.54, 1.807) is 0 Å². The van der Waals surface area contributed by atoms with Gasteiger partial charge in [-0.05, 0) is 116 Å². The largest absolute Gasteiger partial charge is 0.462 e. The lowest BCUT2D eigenvalue weighted by Crippen LogP contribution is -2.30. The third kappa shape index (κ3) is 62.7.